The molecule has 0 nitrogen and oxygen atoms in total. The summed E-state index contributed by atoms with van der Waals surface area (Å²) < 4.78 is 0. The molecule has 0 saturated heterocycles. The van der Waals surface area contributed by atoms with Gasteiger partial charge in [0.2, 0.25) is 0 Å². The van der Waals surface area contributed by atoms with E-state index in [9.17, 15) is 0 Å². The van der Waals surface area contributed by atoms with Crippen LogP contribution >= 0.6 is 11.8 Å². The first-order chi connectivity index (χ1) is 3.93. The molecule has 0 aromatic rings. The molecular formula is C7H10S. The maximum Gasteiger partial charge on any atom is 0.0178 e. The van der Waals surface area contributed by atoms with Crippen molar-refractivity contribution < 1.29 is 0 Å². The monoisotopic (exact) mass is 126 g/mol. The van der Waals surface area contributed by atoms with E-state index in [0.717, 1.165) is 6.42 Å². The summed E-state index contributed by atoms with van der Waals surface area (Å²) in [6.45, 7) is 0. The third-order valence-corrected chi connectivity index (χ3v) is 1.78. The van der Waals surface area contributed by atoms with Crippen molar-refractivity contribution in [3.63, 3.8) is 0 Å². The van der Waals surface area contributed by atoms with E-state index in [0.29, 0.717) is 0 Å². The topological polar surface area (TPSA) is 0 Å². The zero-order valence-corrected chi connectivity index (χ0v) is 5.87. The first-order valence-electron chi connectivity index (χ1n) is 2.78. The molecule has 8 heavy (non-hydrogen) atoms. The number of allylic oxidation sites excluding steroid dienone is 3. The summed E-state index contributed by atoms with van der Waals surface area (Å²) in [6.07, 6.45) is 9.96. The molecule has 0 radical (unpaired) electrons. The van der Waals surface area contributed by atoms with E-state index in [2.05, 4.69) is 24.5 Å². The van der Waals surface area contributed by atoms with Crippen LogP contribution < -0.4 is 0 Å². The number of hydrogen-bond acceptors (Lipinski definition) is 1. The third-order valence-electron chi connectivity index (χ3n) is 1.16. The Morgan fingerprint density at radius 3 is 3.12 bits per heavy atom. The predicted octanol–water partition coefficient (Wildman–Crippen LogP) is 2.24. The van der Waals surface area contributed by atoms with Gasteiger partial charge in [-0.25, -0.2) is 0 Å². The highest BCUT2D eigenvalue weighted by molar-refractivity contribution is 7.98. The van der Waals surface area contributed by atoms with E-state index >= 15 is 0 Å². The van der Waals surface area contributed by atoms with Gasteiger partial charge < -0.3 is 0 Å². The smallest absolute Gasteiger partial charge is 0.0178 e. The Balaban J connectivity index is 2.34. The van der Waals surface area contributed by atoms with E-state index in [1.165, 1.54) is 11.3 Å². The highest BCUT2D eigenvalue weighted by Crippen LogP contribution is 2.12. The van der Waals surface area contributed by atoms with E-state index in [1.54, 1.807) is 0 Å². The van der Waals surface area contributed by atoms with Crippen molar-refractivity contribution >= 4 is 11.8 Å². The molecular weight excluding hydrogens is 116 g/mol. The highest BCUT2D eigenvalue weighted by atomic mass is 32.2. The summed E-state index contributed by atoms with van der Waals surface area (Å²) in [5.74, 6) is 1.18. The first-order valence-corrected chi connectivity index (χ1v) is 4.17. The summed E-state index contributed by atoms with van der Waals surface area (Å²) in [6, 6.07) is 0. The van der Waals surface area contributed by atoms with E-state index < -0.39 is 0 Å². The second kappa shape index (κ2) is 2.98. The lowest BCUT2D eigenvalue weighted by Crippen LogP contribution is -1.76. The molecule has 0 heterocycles. The Labute approximate surface area is 54.7 Å². The predicted molar refractivity (Wildman–Crippen MR) is 40.2 cm³/mol. The van der Waals surface area contributed by atoms with Crippen LogP contribution in [0.3, 0.4) is 0 Å². The normalized spacial score (nSPS) is 16.9. The molecule has 0 aromatic carbocycles. The largest absolute Gasteiger partial charge is 0.161 e. The van der Waals surface area contributed by atoms with Gasteiger partial charge in [0.1, 0.15) is 0 Å². The summed E-state index contributed by atoms with van der Waals surface area (Å²) in [5.41, 5.74) is 1.48. The Bertz CT molecular complexity index is 122. The third kappa shape index (κ3) is 1.41. The van der Waals surface area contributed by atoms with Crippen molar-refractivity contribution in [3.8, 4) is 0 Å². The van der Waals surface area contributed by atoms with Crippen LogP contribution in [0.4, 0.5) is 0 Å². The zero-order chi connectivity index (χ0) is 5.82. The second-order valence-corrected chi connectivity index (χ2v) is 2.72. The molecule has 1 aliphatic carbocycles. The molecule has 1 aliphatic rings. The Morgan fingerprint density at radius 2 is 2.62 bits per heavy atom. The Hall–Kier alpha value is -0.170. The minimum atomic E-state index is 1.15. The van der Waals surface area contributed by atoms with Crippen molar-refractivity contribution in [2.45, 2.75) is 6.42 Å². The van der Waals surface area contributed by atoms with Crippen molar-refractivity contribution in [1.29, 1.82) is 0 Å². The molecule has 0 saturated carbocycles. The SMILES string of the molecule is CSCC1=CCC=C1. The van der Waals surface area contributed by atoms with E-state index in [1.807, 2.05) is 11.8 Å². The van der Waals surface area contributed by atoms with E-state index in [-0.39, 0.29) is 0 Å². The van der Waals surface area contributed by atoms with Crippen LogP contribution in [-0.4, -0.2) is 12.0 Å². The quantitative estimate of drug-likeness (QED) is 0.546. The van der Waals surface area contributed by atoms with Gasteiger partial charge in [-0.15, -0.1) is 0 Å². The van der Waals surface area contributed by atoms with Crippen LogP contribution in [0.2, 0.25) is 0 Å². The maximum absolute atomic E-state index is 2.27. The standard InChI is InChI=1S/C7H10S/c1-8-6-7-4-2-3-5-7/h2,4-5H,3,6H2,1H3. The highest BCUT2D eigenvalue weighted by Gasteiger charge is 1.93. The van der Waals surface area contributed by atoms with Crippen molar-refractivity contribution in [2.75, 3.05) is 12.0 Å². The summed E-state index contributed by atoms with van der Waals surface area (Å²) in [7, 11) is 0. The van der Waals surface area contributed by atoms with E-state index in [4.69, 9.17) is 0 Å². The van der Waals surface area contributed by atoms with Gasteiger partial charge in [-0.3, -0.25) is 0 Å². The molecule has 1 heteroatoms. The van der Waals surface area contributed by atoms with Gasteiger partial charge in [-0.1, -0.05) is 18.2 Å². The minimum absolute atomic E-state index is 1.15. The fraction of sp³-hybridized carbons (Fsp3) is 0.429. The summed E-state index contributed by atoms with van der Waals surface area (Å²) in [5, 5.41) is 0. The van der Waals surface area contributed by atoms with Crippen LogP contribution in [0.25, 0.3) is 0 Å². The average molecular weight is 126 g/mol. The molecule has 0 spiro atoms. The Morgan fingerprint density at radius 1 is 1.75 bits per heavy atom. The summed E-state index contributed by atoms with van der Waals surface area (Å²) >= 11 is 1.88. The van der Waals surface area contributed by atoms with Crippen LogP contribution in [0, 0.1) is 0 Å². The molecule has 0 fully saturated rings. The van der Waals surface area contributed by atoms with Gasteiger partial charge in [0.25, 0.3) is 0 Å². The molecule has 0 bridgehead atoms. The molecule has 0 unspecified atom stereocenters. The minimum Gasteiger partial charge on any atom is -0.161 e. The van der Waals surface area contributed by atoms with Crippen molar-refractivity contribution in [1.82, 2.24) is 0 Å². The lowest BCUT2D eigenvalue weighted by atomic mass is 10.3. The number of rotatable bonds is 2. The number of thioether (sulfide) groups is 1. The van der Waals surface area contributed by atoms with Gasteiger partial charge in [0.05, 0.1) is 0 Å². The average Bonchev–Trinajstić information content (AvgIpc) is 2.19. The van der Waals surface area contributed by atoms with Gasteiger partial charge in [0.15, 0.2) is 0 Å². The second-order valence-electron chi connectivity index (χ2n) is 1.85. The fourth-order valence-corrected chi connectivity index (χ4v) is 1.33. The van der Waals surface area contributed by atoms with Crippen LogP contribution in [0.1, 0.15) is 6.42 Å². The molecule has 0 N–H and O–H groups in total. The molecule has 44 valence electrons. The van der Waals surface area contributed by atoms with Crippen molar-refractivity contribution in [2.24, 2.45) is 0 Å². The molecule has 0 atom stereocenters. The molecule has 0 amide bonds. The first kappa shape index (κ1) is 5.96. The van der Waals surface area contributed by atoms with Gasteiger partial charge >= 0.3 is 0 Å². The fourth-order valence-electron chi connectivity index (χ4n) is 0.781. The summed E-state index contributed by atoms with van der Waals surface area (Å²) in [4.78, 5) is 0. The van der Waals surface area contributed by atoms with Crippen LogP contribution in [0.5, 0.6) is 0 Å². The lowest BCUT2D eigenvalue weighted by molar-refractivity contribution is 1.43. The maximum atomic E-state index is 2.27. The lowest BCUT2D eigenvalue weighted by Gasteiger charge is -1.90. The van der Waals surface area contributed by atoms with Gasteiger partial charge in [-0.2, -0.15) is 11.8 Å². The van der Waals surface area contributed by atoms with Crippen LogP contribution in [0.15, 0.2) is 23.8 Å². The van der Waals surface area contributed by atoms with Gasteiger partial charge in [-0.05, 0) is 18.2 Å². The van der Waals surface area contributed by atoms with Gasteiger partial charge in [0, 0.05) is 5.75 Å². The number of hydrogen-bond donors (Lipinski definition) is 0. The van der Waals surface area contributed by atoms with Crippen LogP contribution in [-0.2, 0) is 0 Å². The van der Waals surface area contributed by atoms with Crippen molar-refractivity contribution in [3.05, 3.63) is 23.8 Å². The molecule has 1 rings (SSSR count). The molecule has 0 aliphatic heterocycles. The Kier molecular flexibility index (Phi) is 2.22. The molecule has 0 aromatic heterocycles. The zero-order valence-electron chi connectivity index (χ0n) is 5.05.